The van der Waals surface area contributed by atoms with Crippen LogP contribution in [0.25, 0.3) is 0 Å². The number of halogens is 3. The molecule has 0 saturated heterocycles. The largest absolute Gasteiger partial charge is 0.367 e. The van der Waals surface area contributed by atoms with Crippen LogP contribution in [0, 0.1) is 11.6 Å². The highest BCUT2D eigenvalue weighted by molar-refractivity contribution is 9.08. The van der Waals surface area contributed by atoms with Gasteiger partial charge in [0.15, 0.2) is 0 Å². The van der Waals surface area contributed by atoms with Gasteiger partial charge in [0.1, 0.15) is 17.3 Å². The second-order valence-electron chi connectivity index (χ2n) is 4.78. The minimum absolute atomic E-state index is 0.0888. The molecule has 19 heavy (non-hydrogen) atoms. The van der Waals surface area contributed by atoms with E-state index in [1.54, 1.807) is 4.90 Å². The molecule has 0 saturated carbocycles. The Balaban J connectivity index is 2.86. The number of benzene rings is 1. The highest BCUT2D eigenvalue weighted by Crippen LogP contribution is 2.26. The minimum atomic E-state index is -0.485. The van der Waals surface area contributed by atoms with Crippen molar-refractivity contribution in [2.45, 2.75) is 18.7 Å². The molecule has 5 heteroatoms. The van der Waals surface area contributed by atoms with Crippen LogP contribution in [-0.4, -0.2) is 38.6 Å². The number of alkyl halides is 1. The van der Waals surface area contributed by atoms with Crippen LogP contribution in [0.4, 0.5) is 14.5 Å². The molecule has 0 bridgehead atoms. The Bertz CT molecular complexity index is 387. The third-order valence-electron chi connectivity index (χ3n) is 2.96. The molecule has 0 amide bonds. The lowest BCUT2D eigenvalue weighted by molar-refractivity contribution is 0.400. The maximum Gasteiger partial charge on any atom is 0.149 e. The molecule has 1 rings (SSSR count). The number of anilines is 1. The summed E-state index contributed by atoms with van der Waals surface area (Å²) in [6.07, 6.45) is 0.875. The average Bonchev–Trinajstić information content (AvgIpc) is 2.35. The van der Waals surface area contributed by atoms with Gasteiger partial charge in [0.2, 0.25) is 0 Å². The summed E-state index contributed by atoms with van der Waals surface area (Å²) in [5, 5.41) is 0.452. The van der Waals surface area contributed by atoms with Crippen LogP contribution in [-0.2, 0) is 5.33 Å². The fourth-order valence-corrected chi connectivity index (χ4v) is 2.33. The summed E-state index contributed by atoms with van der Waals surface area (Å²) in [5.74, 6) is -0.970. The van der Waals surface area contributed by atoms with Crippen molar-refractivity contribution in [2.24, 2.45) is 0 Å². The van der Waals surface area contributed by atoms with Gasteiger partial charge in [-0.2, -0.15) is 0 Å². The van der Waals surface area contributed by atoms with Crippen molar-refractivity contribution < 1.29 is 8.78 Å². The van der Waals surface area contributed by atoms with E-state index in [0.29, 0.717) is 24.0 Å². The molecule has 1 aromatic carbocycles. The molecule has 0 radical (unpaired) electrons. The summed E-state index contributed by atoms with van der Waals surface area (Å²) in [7, 11) is 3.98. The van der Waals surface area contributed by atoms with E-state index in [2.05, 4.69) is 20.8 Å². The zero-order valence-electron chi connectivity index (χ0n) is 11.7. The Morgan fingerprint density at radius 2 is 1.68 bits per heavy atom. The number of nitrogens with zero attached hydrogens (tertiary/aromatic N) is 2. The summed E-state index contributed by atoms with van der Waals surface area (Å²) in [4.78, 5) is 3.82. The Morgan fingerprint density at radius 3 is 2.11 bits per heavy atom. The summed E-state index contributed by atoms with van der Waals surface area (Å²) in [6, 6.07) is 2.78. The van der Waals surface area contributed by atoms with Gasteiger partial charge in [-0.25, -0.2) is 8.78 Å². The third kappa shape index (κ3) is 4.73. The summed E-state index contributed by atoms with van der Waals surface area (Å²) in [5.41, 5.74) is 0.703. The zero-order chi connectivity index (χ0) is 14.4. The molecule has 0 atom stereocenters. The number of rotatable bonds is 7. The Kier molecular flexibility index (Phi) is 6.72. The quantitative estimate of drug-likeness (QED) is 0.702. The van der Waals surface area contributed by atoms with Crippen molar-refractivity contribution in [1.82, 2.24) is 4.90 Å². The first-order chi connectivity index (χ1) is 8.99. The molecule has 0 spiro atoms. The van der Waals surface area contributed by atoms with E-state index >= 15 is 0 Å². The van der Waals surface area contributed by atoms with E-state index in [1.807, 2.05) is 21.0 Å². The topological polar surface area (TPSA) is 6.48 Å². The van der Waals surface area contributed by atoms with Gasteiger partial charge in [0, 0.05) is 18.4 Å². The van der Waals surface area contributed by atoms with Gasteiger partial charge < -0.3 is 9.80 Å². The van der Waals surface area contributed by atoms with Gasteiger partial charge in [-0.1, -0.05) is 15.9 Å². The van der Waals surface area contributed by atoms with E-state index in [-0.39, 0.29) is 5.69 Å². The van der Waals surface area contributed by atoms with E-state index in [0.717, 1.165) is 13.0 Å². The van der Waals surface area contributed by atoms with Crippen LogP contribution in [0.3, 0.4) is 0 Å². The average molecular weight is 335 g/mol. The summed E-state index contributed by atoms with van der Waals surface area (Å²) in [6.45, 7) is 4.05. The first-order valence-electron chi connectivity index (χ1n) is 6.43. The van der Waals surface area contributed by atoms with Crippen LogP contribution < -0.4 is 4.90 Å². The molecule has 108 valence electrons. The molecule has 1 aromatic rings. The molecule has 0 heterocycles. The number of hydrogen-bond acceptors (Lipinski definition) is 2. The highest BCUT2D eigenvalue weighted by Gasteiger charge is 2.16. The second kappa shape index (κ2) is 7.80. The lowest BCUT2D eigenvalue weighted by Crippen LogP contribution is -2.28. The summed E-state index contributed by atoms with van der Waals surface area (Å²) < 4.78 is 28.0. The maximum atomic E-state index is 14.0. The van der Waals surface area contributed by atoms with Crippen LogP contribution in [0.2, 0.25) is 0 Å². The lowest BCUT2D eigenvalue weighted by Gasteiger charge is -2.25. The molecule has 0 aliphatic rings. The monoisotopic (exact) mass is 334 g/mol. The minimum Gasteiger partial charge on any atom is -0.367 e. The fraction of sp³-hybridized carbons (Fsp3) is 0.571. The Morgan fingerprint density at radius 1 is 1.11 bits per heavy atom. The molecule has 0 unspecified atom stereocenters. The van der Waals surface area contributed by atoms with E-state index in [1.165, 1.54) is 12.1 Å². The van der Waals surface area contributed by atoms with Gasteiger partial charge in [0.25, 0.3) is 0 Å². The van der Waals surface area contributed by atoms with Gasteiger partial charge in [-0.05, 0) is 51.7 Å². The van der Waals surface area contributed by atoms with E-state index in [9.17, 15) is 8.78 Å². The molecular weight excluding hydrogens is 314 g/mol. The van der Waals surface area contributed by atoms with Crippen molar-refractivity contribution >= 4 is 21.6 Å². The standard InChI is InChI=1S/C14H21BrF2N2/c1-4-19(7-5-6-18(2)3)14-12(16)8-11(10-15)9-13(14)17/h8-9H,4-7,10H2,1-3H3. The fourth-order valence-electron chi connectivity index (χ4n) is 2.00. The van der Waals surface area contributed by atoms with Gasteiger partial charge in [-0.15, -0.1) is 0 Å². The van der Waals surface area contributed by atoms with Crippen molar-refractivity contribution in [1.29, 1.82) is 0 Å². The number of hydrogen-bond donors (Lipinski definition) is 0. The SMILES string of the molecule is CCN(CCCN(C)C)c1c(F)cc(CBr)cc1F. The van der Waals surface area contributed by atoms with Crippen molar-refractivity contribution in [3.63, 3.8) is 0 Å². The molecule has 0 aliphatic heterocycles. The third-order valence-corrected chi connectivity index (χ3v) is 3.61. The molecule has 0 aromatic heterocycles. The smallest absolute Gasteiger partial charge is 0.149 e. The molecule has 0 fully saturated rings. The Labute approximate surface area is 122 Å². The Hall–Kier alpha value is -0.680. The predicted molar refractivity (Wildman–Crippen MR) is 80.0 cm³/mol. The van der Waals surface area contributed by atoms with Crippen LogP contribution in [0.5, 0.6) is 0 Å². The van der Waals surface area contributed by atoms with Crippen molar-refractivity contribution in [3.8, 4) is 0 Å². The van der Waals surface area contributed by atoms with Crippen LogP contribution >= 0.6 is 15.9 Å². The van der Waals surface area contributed by atoms with Crippen LogP contribution in [0.15, 0.2) is 12.1 Å². The molecule has 0 N–H and O–H groups in total. The predicted octanol–water partition coefficient (Wildman–Crippen LogP) is 3.64. The van der Waals surface area contributed by atoms with E-state index < -0.39 is 11.6 Å². The van der Waals surface area contributed by atoms with E-state index in [4.69, 9.17) is 0 Å². The molecule has 0 aliphatic carbocycles. The first kappa shape index (κ1) is 16.4. The second-order valence-corrected chi connectivity index (χ2v) is 5.34. The van der Waals surface area contributed by atoms with Gasteiger partial charge >= 0.3 is 0 Å². The molecule has 2 nitrogen and oxygen atoms in total. The van der Waals surface area contributed by atoms with Gasteiger partial charge in [0.05, 0.1) is 0 Å². The van der Waals surface area contributed by atoms with Crippen LogP contribution in [0.1, 0.15) is 18.9 Å². The van der Waals surface area contributed by atoms with Crippen molar-refractivity contribution in [3.05, 3.63) is 29.3 Å². The maximum absolute atomic E-state index is 14.0. The normalized spacial score (nSPS) is 11.1. The highest BCUT2D eigenvalue weighted by atomic mass is 79.9. The summed E-state index contributed by atoms with van der Waals surface area (Å²) >= 11 is 3.21. The first-order valence-corrected chi connectivity index (χ1v) is 7.55. The molecular formula is C14H21BrF2N2. The van der Waals surface area contributed by atoms with Gasteiger partial charge in [-0.3, -0.25) is 0 Å². The lowest BCUT2D eigenvalue weighted by atomic mass is 10.2. The zero-order valence-corrected chi connectivity index (χ0v) is 13.3. The van der Waals surface area contributed by atoms with Crippen molar-refractivity contribution in [2.75, 3.05) is 38.6 Å².